The van der Waals surface area contributed by atoms with Gasteiger partial charge in [0.05, 0.1) is 6.20 Å². The lowest BCUT2D eigenvalue weighted by atomic mass is 9.93. The first kappa shape index (κ1) is 13.0. The van der Waals surface area contributed by atoms with Crippen molar-refractivity contribution in [3.63, 3.8) is 0 Å². The van der Waals surface area contributed by atoms with Gasteiger partial charge in [0.2, 0.25) is 0 Å². The summed E-state index contributed by atoms with van der Waals surface area (Å²) in [6.07, 6.45) is 4.55. The Labute approximate surface area is 110 Å². The Kier molecular flexibility index (Phi) is 3.89. The van der Waals surface area contributed by atoms with E-state index in [0.29, 0.717) is 11.9 Å². The van der Waals surface area contributed by atoms with Crippen LogP contribution in [-0.2, 0) is 17.1 Å². The van der Waals surface area contributed by atoms with Gasteiger partial charge in [-0.3, -0.25) is 4.68 Å². The molecule has 0 spiro atoms. The van der Waals surface area contributed by atoms with Crippen LogP contribution in [-0.4, -0.2) is 40.4 Å². The largest absolute Gasteiger partial charge is 0.260 e. The van der Waals surface area contributed by atoms with Crippen LogP contribution in [0.3, 0.4) is 0 Å². The molecule has 0 amide bonds. The van der Waals surface area contributed by atoms with E-state index in [-0.39, 0.29) is 11.1 Å². The van der Waals surface area contributed by atoms with Gasteiger partial charge in [0.1, 0.15) is 0 Å². The van der Waals surface area contributed by atoms with Crippen molar-refractivity contribution in [2.45, 2.75) is 30.3 Å². The molecule has 96 valence electrons. The van der Waals surface area contributed by atoms with Crippen molar-refractivity contribution in [3.05, 3.63) is 12.3 Å². The standard InChI is InChI=1S/C10H16BrN3O2S/c1-13-10(5-7-12-13)17(15,16)14(8-6-11)9-3-2-4-9/h5,7,9H,2-4,6,8H2,1H3. The maximum Gasteiger partial charge on any atom is 0.260 e. The van der Waals surface area contributed by atoms with Gasteiger partial charge >= 0.3 is 0 Å². The topological polar surface area (TPSA) is 55.2 Å². The van der Waals surface area contributed by atoms with Crippen molar-refractivity contribution < 1.29 is 8.42 Å². The number of alkyl halides is 1. The van der Waals surface area contributed by atoms with E-state index in [1.165, 1.54) is 10.9 Å². The molecule has 0 radical (unpaired) electrons. The number of hydrogen-bond acceptors (Lipinski definition) is 3. The summed E-state index contributed by atoms with van der Waals surface area (Å²) in [4.78, 5) is 0. The zero-order chi connectivity index (χ0) is 12.5. The molecule has 7 heteroatoms. The first-order valence-electron chi connectivity index (χ1n) is 5.63. The molecule has 1 heterocycles. The first-order chi connectivity index (χ1) is 8.07. The predicted octanol–water partition coefficient (Wildman–Crippen LogP) is 1.36. The van der Waals surface area contributed by atoms with Gasteiger partial charge in [-0.2, -0.15) is 9.40 Å². The van der Waals surface area contributed by atoms with E-state index in [1.54, 1.807) is 17.4 Å². The second kappa shape index (κ2) is 5.07. The number of rotatable bonds is 5. The number of hydrogen-bond donors (Lipinski definition) is 0. The molecule has 17 heavy (non-hydrogen) atoms. The van der Waals surface area contributed by atoms with Gasteiger partial charge in [0, 0.05) is 25.0 Å². The smallest absolute Gasteiger partial charge is 0.256 e. The maximum atomic E-state index is 12.5. The zero-order valence-corrected chi connectivity index (χ0v) is 12.1. The van der Waals surface area contributed by atoms with Gasteiger partial charge in [-0.05, 0) is 18.9 Å². The number of sulfonamides is 1. The highest BCUT2D eigenvalue weighted by molar-refractivity contribution is 9.09. The minimum atomic E-state index is -3.41. The molecular weight excluding hydrogens is 306 g/mol. The summed E-state index contributed by atoms with van der Waals surface area (Å²) in [5, 5.41) is 4.85. The average molecular weight is 322 g/mol. The van der Waals surface area contributed by atoms with Crippen LogP contribution in [0.5, 0.6) is 0 Å². The summed E-state index contributed by atoms with van der Waals surface area (Å²) in [5.74, 6) is 0. The number of aromatic nitrogens is 2. The average Bonchev–Trinajstić information content (AvgIpc) is 2.61. The SMILES string of the molecule is Cn1nccc1S(=O)(=O)N(CCBr)C1CCC1. The van der Waals surface area contributed by atoms with Crippen LogP contribution in [0.2, 0.25) is 0 Å². The first-order valence-corrected chi connectivity index (χ1v) is 8.19. The van der Waals surface area contributed by atoms with E-state index in [0.717, 1.165) is 19.3 Å². The van der Waals surface area contributed by atoms with Crippen LogP contribution >= 0.6 is 15.9 Å². The van der Waals surface area contributed by atoms with Gasteiger partial charge in [-0.15, -0.1) is 0 Å². The third-order valence-corrected chi connectivity index (χ3v) is 5.52. The number of halogens is 1. The minimum absolute atomic E-state index is 0.160. The van der Waals surface area contributed by atoms with E-state index in [9.17, 15) is 8.42 Å². The summed E-state index contributed by atoms with van der Waals surface area (Å²) in [6.45, 7) is 0.512. The van der Waals surface area contributed by atoms with Gasteiger partial charge in [-0.1, -0.05) is 22.4 Å². The third-order valence-electron chi connectivity index (χ3n) is 3.14. The molecule has 0 unspecified atom stereocenters. The predicted molar refractivity (Wildman–Crippen MR) is 68.5 cm³/mol. The maximum absolute atomic E-state index is 12.5. The van der Waals surface area contributed by atoms with Gasteiger partial charge in [0.15, 0.2) is 5.03 Å². The van der Waals surface area contributed by atoms with Crippen molar-refractivity contribution >= 4 is 26.0 Å². The van der Waals surface area contributed by atoms with Gasteiger partial charge in [-0.25, -0.2) is 8.42 Å². The van der Waals surface area contributed by atoms with Gasteiger partial charge in [0.25, 0.3) is 10.0 Å². The fourth-order valence-corrected chi connectivity index (χ4v) is 4.40. The number of aryl methyl sites for hydroxylation is 1. The lowest BCUT2D eigenvalue weighted by Gasteiger charge is -2.36. The molecule has 0 bridgehead atoms. The van der Waals surface area contributed by atoms with Crippen molar-refractivity contribution in [2.24, 2.45) is 7.05 Å². The molecule has 1 aliphatic rings. The Bertz CT molecular complexity index is 481. The normalized spacial score (nSPS) is 17.4. The Hall–Kier alpha value is -0.400. The molecule has 1 aromatic rings. The summed E-state index contributed by atoms with van der Waals surface area (Å²) in [6, 6.07) is 1.71. The molecule has 1 fully saturated rings. The van der Waals surface area contributed by atoms with Gasteiger partial charge < -0.3 is 0 Å². The fraction of sp³-hybridized carbons (Fsp3) is 0.700. The van der Waals surface area contributed by atoms with E-state index >= 15 is 0 Å². The van der Waals surface area contributed by atoms with Crippen LogP contribution < -0.4 is 0 Å². The summed E-state index contributed by atoms with van der Waals surface area (Å²) >= 11 is 3.32. The quantitative estimate of drug-likeness (QED) is 0.769. The lowest BCUT2D eigenvalue weighted by molar-refractivity contribution is 0.227. The van der Waals surface area contributed by atoms with Crippen molar-refractivity contribution in [3.8, 4) is 0 Å². The van der Waals surface area contributed by atoms with Crippen LogP contribution in [0.25, 0.3) is 0 Å². The summed E-state index contributed by atoms with van der Waals surface area (Å²) in [5.41, 5.74) is 0. The van der Waals surface area contributed by atoms with Crippen LogP contribution in [0.15, 0.2) is 17.3 Å². The molecule has 0 N–H and O–H groups in total. The molecule has 0 atom stereocenters. The molecule has 0 aliphatic heterocycles. The minimum Gasteiger partial charge on any atom is -0.256 e. The van der Waals surface area contributed by atoms with Crippen LogP contribution in [0.1, 0.15) is 19.3 Å². The molecule has 1 aliphatic carbocycles. The second-order valence-corrected chi connectivity index (χ2v) is 6.81. The molecule has 5 nitrogen and oxygen atoms in total. The van der Waals surface area contributed by atoms with Crippen LogP contribution in [0.4, 0.5) is 0 Å². The third kappa shape index (κ3) is 2.41. The summed E-state index contributed by atoms with van der Waals surface area (Å²) < 4.78 is 28.0. The summed E-state index contributed by atoms with van der Waals surface area (Å²) in [7, 11) is -1.75. The van der Waals surface area contributed by atoms with Crippen LogP contribution in [0, 0.1) is 0 Å². The highest BCUT2D eigenvalue weighted by Gasteiger charge is 2.35. The Balaban J connectivity index is 2.31. The Morgan fingerprint density at radius 2 is 2.29 bits per heavy atom. The number of nitrogens with zero attached hydrogens (tertiary/aromatic N) is 3. The Morgan fingerprint density at radius 3 is 2.71 bits per heavy atom. The molecule has 0 saturated heterocycles. The lowest BCUT2D eigenvalue weighted by Crippen LogP contribution is -2.45. The molecule has 0 aromatic carbocycles. The van der Waals surface area contributed by atoms with E-state index < -0.39 is 10.0 Å². The van der Waals surface area contributed by atoms with Crippen molar-refractivity contribution in [2.75, 3.05) is 11.9 Å². The molecule has 1 saturated carbocycles. The van der Waals surface area contributed by atoms with Crippen molar-refractivity contribution in [1.82, 2.24) is 14.1 Å². The zero-order valence-electron chi connectivity index (χ0n) is 9.71. The molecular formula is C10H16BrN3O2S. The molecule has 2 rings (SSSR count). The van der Waals surface area contributed by atoms with Crippen molar-refractivity contribution in [1.29, 1.82) is 0 Å². The molecule has 1 aromatic heterocycles. The van der Waals surface area contributed by atoms with E-state index in [4.69, 9.17) is 0 Å². The fourth-order valence-electron chi connectivity index (χ4n) is 1.99. The Morgan fingerprint density at radius 1 is 1.59 bits per heavy atom. The monoisotopic (exact) mass is 321 g/mol. The second-order valence-electron chi connectivity index (χ2n) is 4.18. The highest BCUT2D eigenvalue weighted by Crippen LogP contribution is 2.29. The van der Waals surface area contributed by atoms with E-state index in [2.05, 4.69) is 21.0 Å². The highest BCUT2D eigenvalue weighted by atomic mass is 79.9. The van der Waals surface area contributed by atoms with E-state index in [1.807, 2.05) is 0 Å².